The fourth-order valence-electron chi connectivity index (χ4n) is 2.80. The molecule has 1 saturated heterocycles. The van der Waals surface area contributed by atoms with Gasteiger partial charge in [-0.15, -0.1) is 13.2 Å². The number of carbonyl (C=O) groups excluding carboxylic acids is 1. The minimum absolute atomic E-state index is 0.0283. The zero-order valence-corrected chi connectivity index (χ0v) is 14.6. The van der Waals surface area contributed by atoms with Gasteiger partial charge in [0.1, 0.15) is 0 Å². The number of amides is 2. The molecule has 1 aromatic heterocycles. The molecule has 1 aliphatic heterocycles. The highest BCUT2D eigenvalue weighted by Crippen LogP contribution is 2.30. The van der Waals surface area contributed by atoms with E-state index in [-0.39, 0.29) is 5.69 Å². The number of ether oxygens (including phenoxy) is 1. The molecule has 10 heteroatoms. The molecule has 146 valence electrons. The number of alkyl halides is 3. The number of nitrogens with zero attached hydrogens (tertiary/aromatic N) is 3. The Bertz CT molecular complexity index is 786. The number of hydrogen-bond acceptors (Lipinski definition) is 5. The second-order valence-corrected chi connectivity index (χ2v) is 6.17. The Morgan fingerprint density at radius 2 is 1.96 bits per heavy atom. The van der Waals surface area contributed by atoms with E-state index >= 15 is 0 Å². The summed E-state index contributed by atoms with van der Waals surface area (Å²) in [4.78, 5) is 16.0. The second kappa shape index (κ2) is 7.87. The highest BCUT2D eigenvalue weighted by atomic mass is 19.4. The quantitative estimate of drug-likeness (QED) is 0.876. The minimum Gasteiger partial charge on any atom is -0.404 e. The van der Waals surface area contributed by atoms with Crippen LogP contribution in [0.4, 0.5) is 23.7 Å². The summed E-state index contributed by atoms with van der Waals surface area (Å²) in [6, 6.07) is 6.83. The summed E-state index contributed by atoms with van der Waals surface area (Å²) in [5.74, 6) is 0.307. The zero-order chi connectivity index (χ0) is 19.4. The van der Waals surface area contributed by atoms with Crippen molar-refractivity contribution in [3.05, 3.63) is 41.8 Å². The largest absolute Gasteiger partial charge is 0.573 e. The first-order chi connectivity index (χ1) is 12.8. The molecule has 0 saturated carbocycles. The first kappa shape index (κ1) is 19.0. The Balaban J connectivity index is 1.54. The SMILES string of the molecule is Cc1cc(CN2CCN(C(=O)Nc3ccccc3OC(F)(F)F)CC2)on1. The predicted molar refractivity (Wildman–Crippen MR) is 90.2 cm³/mol. The van der Waals surface area contributed by atoms with Crippen molar-refractivity contribution in [2.45, 2.75) is 19.8 Å². The lowest BCUT2D eigenvalue weighted by Gasteiger charge is -2.34. The lowest BCUT2D eigenvalue weighted by Crippen LogP contribution is -2.49. The number of halogens is 3. The Morgan fingerprint density at radius 1 is 1.26 bits per heavy atom. The molecule has 1 aromatic carbocycles. The van der Waals surface area contributed by atoms with Crippen LogP contribution in [-0.2, 0) is 6.54 Å². The van der Waals surface area contributed by atoms with Gasteiger partial charge in [-0.05, 0) is 19.1 Å². The van der Waals surface area contributed by atoms with Crippen LogP contribution < -0.4 is 10.1 Å². The molecular formula is C17H19F3N4O3. The molecule has 1 fully saturated rings. The van der Waals surface area contributed by atoms with E-state index in [4.69, 9.17) is 4.52 Å². The number of aromatic nitrogens is 1. The van der Waals surface area contributed by atoms with Crippen molar-refractivity contribution in [3.8, 4) is 5.75 Å². The average Bonchev–Trinajstić information content (AvgIpc) is 3.01. The van der Waals surface area contributed by atoms with Crippen molar-refractivity contribution < 1.29 is 27.2 Å². The molecule has 1 aliphatic rings. The molecule has 0 aliphatic carbocycles. The molecule has 3 rings (SSSR count). The molecule has 7 nitrogen and oxygen atoms in total. The van der Waals surface area contributed by atoms with E-state index in [0.717, 1.165) is 17.5 Å². The van der Waals surface area contributed by atoms with Gasteiger partial charge in [-0.3, -0.25) is 4.90 Å². The first-order valence-corrected chi connectivity index (χ1v) is 8.35. The molecule has 0 unspecified atom stereocenters. The number of hydrogen-bond donors (Lipinski definition) is 1. The van der Waals surface area contributed by atoms with Gasteiger partial charge in [-0.1, -0.05) is 17.3 Å². The van der Waals surface area contributed by atoms with Crippen molar-refractivity contribution in [2.75, 3.05) is 31.5 Å². The number of piperazine rings is 1. The van der Waals surface area contributed by atoms with Crippen LogP contribution in [0.5, 0.6) is 5.75 Å². The number of nitrogens with one attached hydrogen (secondary N) is 1. The maximum Gasteiger partial charge on any atom is 0.573 e. The van der Waals surface area contributed by atoms with Crippen LogP contribution in [0.2, 0.25) is 0 Å². The summed E-state index contributed by atoms with van der Waals surface area (Å²) < 4.78 is 46.6. The first-order valence-electron chi connectivity index (χ1n) is 8.35. The van der Waals surface area contributed by atoms with Crippen LogP contribution in [0.3, 0.4) is 0 Å². The normalized spacial score (nSPS) is 15.6. The summed E-state index contributed by atoms with van der Waals surface area (Å²) >= 11 is 0. The minimum atomic E-state index is -4.83. The molecule has 1 N–H and O–H groups in total. The van der Waals surface area contributed by atoms with E-state index in [1.807, 2.05) is 13.0 Å². The zero-order valence-electron chi connectivity index (χ0n) is 14.6. The molecule has 2 amide bonds. The smallest absolute Gasteiger partial charge is 0.404 e. The number of aryl methyl sites for hydroxylation is 1. The molecule has 2 aromatic rings. The number of para-hydroxylation sites is 2. The monoisotopic (exact) mass is 384 g/mol. The summed E-state index contributed by atoms with van der Waals surface area (Å²) in [6.07, 6.45) is -4.83. The predicted octanol–water partition coefficient (Wildman–Crippen LogP) is 3.23. The van der Waals surface area contributed by atoms with Gasteiger partial charge in [0.05, 0.1) is 17.9 Å². The molecule has 27 heavy (non-hydrogen) atoms. The van der Waals surface area contributed by atoms with Crippen molar-refractivity contribution in [1.82, 2.24) is 15.0 Å². The number of rotatable bonds is 4. The number of urea groups is 1. The Labute approximate surface area is 153 Å². The van der Waals surface area contributed by atoms with E-state index in [0.29, 0.717) is 32.7 Å². The van der Waals surface area contributed by atoms with E-state index in [1.54, 1.807) is 4.90 Å². The van der Waals surface area contributed by atoms with E-state index in [9.17, 15) is 18.0 Å². The van der Waals surface area contributed by atoms with Gasteiger partial charge in [0.2, 0.25) is 0 Å². The molecule has 2 heterocycles. The topological polar surface area (TPSA) is 70.8 Å². The Kier molecular flexibility index (Phi) is 5.54. The maximum atomic E-state index is 12.5. The molecule has 0 spiro atoms. The summed E-state index contributed by atoms with van der Waals surface area (Å²) in [7, 11) is 0. The highest BCUT2D eigenvalue weighted by molar-refractivity contribution is 5.91. The van der Waals surface area contributed by atoms with Crippen molar-refractivity contribution in [3.63, 3.8) is 0 Å². The fourth-order valence-corrected chi connectivity index (χ4v) is 2.80. The van der Waals surface area contributed by atoms with Crippen molar-refractivity contribution >= 4 is 11.7 Å². The maximum absolute atomic E-state index is 12.5. The summed E-state index contributed by atoms with van der Waals surface area (Å²) in [5.41, 5.74) is 0.780. The van der Waals surface area contributed by atoms with Crippen molar-refractivity contribution in [1.29, 1.82) is 0 Å². The van der Waals surface area contributed by atoms with Crippen LogP contribution in [0.25, 0.3) is 0 Å². The molecule has 0 bridgehead atoms. The fraction of sp³-hybridized carbons (Fsp3) is 0.412. The van der Waals surface area contributed by atoms with Crippen LogP contribution >= 0.6 is 0 Å². The van der Waals surface area contributed by atoms with E-state index in [2.05, 4.69) is 20.1 Å². The standard InChI is InChI=1S/C17H19F3N4O3/c1-12-10-13(27-22-12)11-23-6-8-24(9-7-23)16(25)21-14-4-2-3-5-15(14)26-17(18,19)20/h2-5,10H,6-9,11H2,1H3,(H,21,25). The van der Waals surface area contributed by atoms with Crippen LogP contribution in [0.1, 0.15) is 11.5 Å². The highest BCUT2D eigenvalue weighted by Gasteiger charge is 2.32. The third-order valence-electron chi connectivity index (χ3n) is 4.07. The Morgan fingerprint density at radius 3 is 2.59 bits per heavy atom. The van der Waals surface area contributed by atoms with Gasteiger partial charge in [0.25, 0.3) is 0 Å². The lowest BCUT2D eigenvalue weighted by molar-refractivity contribution is -0.274. The number of carbonyl (C=O) groups is 1. The number of benzene rings is 1. The van der Waals surface area contributed by atoms with Crippen molar-refractivity contribution in [2.24, 2.45) is 0 Å². The van der Waals surface area contributed by atoms with Gasteiger partial charge in [0.15, 0.2) is 11.5 Å². The second-order valence-electron chi connectivity index (χ2n) is 6.17. The van der Waals surface area contributed by atoms with Gasteiger partial charge < -0.3 is 19.5 Å². The summed E-state index contributed by atoms with van der Waals surface area (Å²) in [6.45, 7) is 4.57. The van der Waals surface area contributed by atoms with Crippen LogP contribution in [0, 0.1) is 6.92 Å². The average molecular weight is 384 g/mol. The lowest BCUT2D eigenvalue weighted by atomic mass is 10.2. The summed E-state index contributed by atoms with van der Waals surface area (Å²) in [5, 5.41) is 6.32. The van der Waals surface area contributed by atoms with Gasteiger partial charge in [-0.2, -0.15) is 0 Å². The third kappa shape index (κ3) is 5.36. The molecule has 0 radical (unpaired) electrons. The van der Waals surface area contributed by atoms with E-state index in [1.165, 1.54) is 18.2 Å². The molecular weight excluding hydrogens is 365 g/mol. The van der Waals surface area contributed by atoms with Gasteiger partial charge in [0, 0.05) is 32.2 Å². The van der Waals surface area contributed by atoms with E-state index < -0.39 is 18.1 Å². The van der Waals surface area contributed by atoms with Gasteiger partial charge >= 0.3 is 12.4 Å². The third-order valence-corrected chi connectivity index (χ3v) is 4.07. The van der Waals surface area contributed by atoms with Crippen LogP contribution in [-0.4, -0.2) is 53.5 Å². The molecule has 0 atom stereocenters. The Hall–Kier alpha value is -2.75. The van der Waals surface area contributed by atoms with Crippen LogP contribution in [0.15, 0.2) is 34.9 Å². The van der Waals surface area contributed by atoms with Gasteiger partial charge in [-0.25, -0.2) is 4.79 Å². The number of anilines is 1.